The summed E-state index contributed by atoms with van der Waals surface area (Å²) in [7, 11) is 0. The number of carbonyl (C=O) groups excluding carboxylic acids is 1. The quantitative estimate of drug-likeness (QED) is 0.763. The average molecular weight is 248 g/mol. The smallest absolute Gasteiger partial charge is 0.222 e. The SMILES string of the molecule is CC(C)C(=O)NC1CCCC1CBr. The summed E-state index contributed by atoms with van der Waals surface area (Å²) in [5.41, 5.74) is 0. The summed E-state index contributed by atoms with van der Waals surface area (Å²) in [5, 5.41) is 4.12. The molecule has 1 aliphatic carbocycles. The molecular weight excluding hydrogens is 230 g/mol. The van der Waals surface area contributed by atoms with Crippen molar-refractivity contribution >= 4 is 21.8 Å². The molecule has 1 amide bonds. The van der Waals surface area contributed by atoms with Crippen LogP contribution in [0.2, 0.25) is 0 Å². The topological polar surface area (TPSA) is 29.1 Å². The van der Waals surface area contributed by atoms with E-state index in [1.165, 1.54) is 12.8 Å². The minimum absolute atomic E-state index is 0.108. The molecule has 0 aromatic heterocycles. The lowest BCUT2D eigenvalue weighted by Gasteiger charge is -2.20. The highest BCUT2D eigenvalue weighted by Gasteiger charge is 2.27. The van der Waals surface area contributed by atoms with Gasteiger partial charge in [0.05, 0.1) is 0 Å². The van der Waals surface area contributed by atoms with Crippen LogP contribution in [0.4, 0.5) is 0 Å². The zero-order valence-electron chi connectivity index (χ0n) is 8.35. The Labute approximate surface area is 88.6 Å². The maximum Gasteiger partial charge on any atom is 0.222 e. The summed E-state index contributed by atoms with van der Waals surface area (Å²) in [6, 6.07) is 0.411. The van der Waals surface area contributed by atoms with Crippen LogP contribution >= 0.6 is 15.9 Å². The van der Waals surface area contributed by atoms with Gasteiger partial charge in [0.15, 0.2) is 0 Å². The first-order chi connectivity index (χ1) is 6.15. The second-order valence-corrected chi connectivity index (χ2v) is 4.76. The lowest BCUT2D eigenvalue weighted by atomic mass is 10.1. The van der Waals surface area contributed by atoms with Gasteiger partial charge in [-0.25, -0.2) is 0 Å². The fourth-order valence-corrected chi connectivity index (χ4v) is 2.54. The number of halogens is 1. The van der Waals surface area contributed by atoms with Crippen LogP contribution in [0.25, 0.3) is 0 Å². The first kappa shape index (κ1) is 11.0. The molecule has 2 nitrogen and oxygen atoms in total. The molecule has 1 rings (SSSR count). The average Bonchev–Trinajstić information content (AvgIpc) is 2.51. The molecule has 0 saturated heterocycles. The van der Waals surface area contributed by atoms with E-state index >= 15 is 0 Å². The van der Waals surface area contributed by atoms with Crippen molar-refractivity contribution in [2.24, 2.45) is 11.8 Å². The Morgan fingerprint density at radius 3 is 2.77 bits per heavy atom. The van der Waals surface area contributed by atoms with Crippen molar-refractivity contribution in [3.05, 3.63) is 0 Å². The van der Waals surface area contributed by atoms with E-state index in [2.05, 4.69) is 21.2 Å². The van der Waals surface area contributed by atoms with Crippen molar-refractivity contribution in [3.63, 3.8) is 0 Å². The minimum Gasteiger partial charge on any atom is -0.353 e. The van der Waals surface area contributed by atoms with E-state index in [-0.39, 0.29) is 11.8 Å². The van der Waals surface area contributed by atoms with Crippen LogP contribution in [0.1, 0.15) is 33.1 Å². The molecular formula is C10H18BrNO. The summed E-state index contributed by atoms with van der Waals surface area (Å²) in [5.74, 6) is 0.942. The second kappa shape index (κ2) is 4.99. The molecule has 76 valence electrons. The van der Waals surface area contributed by atoms with Crippen LogP contribution in [0.15, 0.2) is 0 Å². The molecule has 1 aliphatic rings. The van der Waals surface area contributed by atoms with Crippen LogP contribution in [-0.4, -0.2) is 17.3 Å². The number of rotatable bonds is 3. The summed E-state index contributed by atoms with van der Waals surface area (Å²) < 4.78 is 0. The van der Waals surface area contributed by atoms with Crippen molar-refractivity contribution in [1.29, 1.82) is 0 Å². The predicted octanol–water partition coefficient (Wildman–Crippen LogP) is 2.32. The molecule has 13 heavy (non-hydrogen) atoms. The Morgan fingerprint density at radius 1 is 1.54 bits per heavy atom. The van der Waals surface area contributed by atoms with Gasteiger partial charge < -0.3 is 5.32 Å². The summed E-state index contributed by atoms with van der Waals surface area (Å²) in [6.45, 7) is 3.88. The maximum absolute atomic E-state index is 11.4. The molecule has 1 saturated carbocycles. The Balaban J connectivity index is 2.39. The van der Waals surface area contributed by atoms with Gasteiger partial charge in [-0.2, -0.15) is 0 Å². The summed E-state index contributed by atoms with van der Waals surface area (Å²) in [6.07, 6.45) is 3.64. The van der Waals surface area contributed by atoms with Crippen LogP contribution in [0, 0.1) is 11.8 Å². The van der Waals surface area contributed by atoms with E-state index in [4.69, 9.17) is 0 Å². The molecule has 0 aromatic rings. The molecule has 0 aliphatic heterocycles. The van der Waals surface area contributed by atoms with Gasteiger partial charge in [0.2, 0.25) is 5.91 Å². The lowest BCUT2D eigenvalue weighted by Crippen LogP contribution is -2.40. The van der Waals surface area contributed by atoms with Crippen molar-refractivity contribution in [3.8, 4) is 0 Å². The molecule has 2 atom stereocenters. The third kappa shape index (κ3) is 2.97. The Morgan fingerprint density at radius 2 is 2.23 bits per heavy atom. The third-order valence-electron chi connectivity index (χ3n) is 2.71. The van der Waals surface area contributed by atoms with E-state index in [9.17, 15) is 4.79 Å². The molecule has 0 aromatic carbocycles. The standard InChI is InChI=1S/C10H18BrNO/c1-7(2)10(13)12-9-5-3-4-8(9)6-11/h7-9H,3-6H2,1-2H3,(H,12,13). The Bertz CT molecular complexity index is 182. The van der Waals surface area contributed by atoms with Crippen LogP contribution in [0.3, 0.4) is 0 Å². The number of amides is 1. The number of nitrogens with one attached hydrogen (secondary N) is 1. The minimum atomic E-state index is 0.108. The number of hydrogen-bond donors (Lipinski definition) is 1. The van der Waals surface area contributed by atoms with Crippen molar-refractivity contribution < 1.29 is 4.79 Å². The van der Waals surface area contributed by atoms with Crippen LogP contribution < -0.4 is 5.32 Å². The highest BCUT2D eigenvalue weighted by molar-refractivity contribution is 9.09. The summed E-state index contributed by atoms with van der Waals surface area (Å²) >= 11 is 3.49. The summed E-state index contributed by atoms with van der Waals surface area (Å²) in [4.78, 5) is 11.4. The van der Waals surface area contributed by atoms with E-state index in [0.717, 1.165) is 11.8 Å². The van der Waals surface area contributed by atoms with Gasteiger partial charge in [-0.1, -0.05) is 36.2 Å². The van der Waals surface area contributed by atoms with Gasteiger partial charge in [0, 0.05) is 17.3 Å². The van der Waals surface area contributed by atoms with Gasteiger partial charge in [0.25, 0.3) is 0 Å². The highest BCUT2D eigenvalue weighted by Crippen LogP contribution is 2.27. The van der Waals surface area contributed by atoms with E-state index < -0.39 is 0 Å². The molecule has 2 unspecified atom stereocenters. The number of hydrogen-bond acceptors (Lipinski definition) is 1. The van der Waals surface area contributed by atoms with Gasteiger partial charge in [-0.05, 0) is 18.8 Å². The van der Waals surface area contributed by atoms with Gasteiger partial charge >= 0.3 is 0 Å². The maximum atomic E-state index is 11.4. The first-order valence-electron chi connectivity index (χ1n) is 5.01. The Kier molecular flexibility index (Phi) is 4.23. The lowest BCUT2D eigenvalue weighted by molar-refractivity contribution is -0.124. The molecule has 1 fully saturated rings. The predicted molar refractivity (Wildman–Crippen MR) is 57.9 cm³/mol. The van der Waals surface area contributed by atoms with Gasteiger partial charge in [0.1, 0.15) is 0 Å². The van der Waals surface area contributed by atoms with Gasteiger partial charge in [-0.15, -0.1) is 0 Å². The monoisotopic (exact) mass is 247 g/mol. The molecule has 0 spiro atoms. The number of carbonyl (C=O) groups is 1. The molecule has 0 radical (unpaired) electrons. The fourth-order valence-electron chi connectivity index (χ4n) is 1.76. The van der Waals surface area contributed by atoms with Crippen molar-refractivity contribution in [1.82, 2.24) is 5.32 Å². The van der Waals surface area contributed by atoms with E-state index in [0.29, 0.717) is 12.0 Å². The zero-order valence-corrected chi connectivity index (χ0v) is 9.93. The van der Waals surface area contributed by atoms with E-state index in [1.807, 2.05) is 13.8 Å². The zero-order chi connectivity index (χ0) is 9.84. The highest BCUT2D eigenvalue weighted by atomic mass is 79.9. The van der Waals surface area contributed by atoms with E-state index in [1.54, 1.807) is 0 Å². The first-order valence-corrected chi connectivity index (χ1v) is 6.13. The van der Waals surface area contributed by atoms with Crippen molar-refractivity contribution in [2.45, 2.75) is 39.2 Å². The largest absolute Gasteiger partial charge is 0.353 e. The second-order valence-electron chi connectivity index (χ2n) is 4.12. The molecule has 1 N–H and O–H groups in total. The normalized spacial score (nSPS) is 28.0. The van der Waals surface area contributed by atoms with Gasteiger partial charge in [-0.3, -0.25) is 4.79 Å². The fraction of sp³-hybridized carbons (Fsp3) is 0.900. The van der Waals surface area contributed by atoms with Crippen molar-refractivity contribution in [2.75, 3.05) is 5.33 Å². The Hall–Kier alpha value is -0.0500. The molecule has 0 bridgehead atoms. The van der Waals surface area contributed by atoms with Crippen LogP contribution in [0.5, 0.6) is 0 Å². The molecule has 0 heterocycles. The number of alkyl halides is 1. The van der Waals surface area contributed by atoms with Crippen LogP contribution in [-0.2, 0) is 4.79 Å². The molecule has 3 heteroatoms. The third-order valence-corrected chi connectivity index (χ3v) is 3.54.